The first-order valence-electron chi connectivity index (χ1n) is 6.54. The third kappa shape index (κ3) is 4.00. The van der Waals surface area contributed by atoms with E-state index in [1.54, 1.807) is 0 Å². The fraction of sp³-hybridized carbons (Fsp3) is 0.400. The maximum Gasteiger partial charge on any atom is 0.106 e. The Morgan fingerprint density at radius 2 is 1.94 bits per heavy atom. The van der Waals surface area contributed by atoms with Gasteiger partial charge in [0.15, 0.2) is 0 Å². The third-order valence-electron chi connectivity index (χ3n) is 2.88. The molecule has 0 fully saturated rings. The van der Waals surface area contributed by atoms with E-state index in [0.717, 1.165) is 30.9 Å². The summed E-state index contributed by atoms with van der Waals surface area (Å²) in [6.07, 6.45) is 3.92. The highest BCUT2D eigenvalue weighted by atomic mass is 15.0. The van der Waals surface area contributed by atoms with E-state index in [-0.39, 0.29) is 0 Å². The van der Waals surface area contributed by atoms with E-state index >= 15 is 0 Å². The molecule has 0 bridgehead atoms. The Balaban J connectivity index is 1.83. The first-order valence-corrected chi connectivity index (χ1v) is 6.54. The van der Waals surface area contributed by atoms with Crippen molar-refractivity contribution in [1.82, 2.24) is 15.3 Å². The van der Waals surface area contributed by atoms with Crippen LogP contribution in [-0.2, 0) is 19.4 Å². The molecule has 3 heteroatoms. The number of aryl methyl sites for hydroxylation is 2. The maximum absolute atomic E-state index is 4.41. The second-order valence-electron chi connectivity index (χ2n) is 4.88. The van der Waals surface area contributed by atoms with Crippen molar-refractivity contribution in [3.05, 3.63) is 53.6 Å². The molecule has 2 aromatic rings. The van der Waals surface area contributed by atoms with Crippen LogP contribution in [0.25, 0.3) is 0 Å². The highest BCUT2D eigenvalue weighted by molar-refractivity contribution is 5.15. The standard InChI is InChI=1S/C15H21N3/c1-12(2)16-10-14-11-17-15(18-14)9-8-13-6-4-3-5-7-13/h3-7,11-12,16H,8-10H2,1-2H3,(H,17,18). The lowest BCUT2D eigenvalue weighted by Gasteiger charge is -2.05. The van der Waals surface area contributed by atoms with Gasteiger partial charge in [0.25, 0.3) is 0 Å². The number of benzene rings is 1. The van der Waals surface area contributed by atoms with Gasteiger partial charge in [0.2, 0.25) is 0 Å². The Hall–Kier alpha value is -1.61. The second-order valence-corrected chi connectivity index (χ2v) is 4.88. The molecule has 0 unspecified atom stereocenters. The third-order valence-corrected chi connectivity index (χ3v) is 2.88. The van der Waals surface area contributed by atoms with E-state index in [1.165, 1.54) is 5.56 Å². The molecule has 0 aliphatic heterocycles. The molecule has 3 nitrogen and oxygen atoms in total. The average molecular weight is 243 g/mol. The summed E-state index contributed by atoms with van der Waals surface area (Å²) < 4.78 is 0. The maximum atomic E-state index is 4.41. The zero-order chi connectivity index (χ0) is 12.8. The molecular formula is C15H21N3. The SMILES string of the molecule is CC(C)NCc1cnc(CCc2ccccc2)[nH]1. The molecule has 0 radical (unpaired) electrons. The molecule has 18 heavy (non-hydrogen) atoms. The minimum atomic E-state index is 0.501. The van der Waals surface area contributed by atoms with Crippen molar-refractivity contribution in [3.8, 4) is 0 Å². The van der Waals surface area contributed by atoms with E-state index in [4.69, 9.17) is 0 Å². The van der Waals surface area contributed by atoms with E-state index < -0.39 is 0 Å². The van der Waals surface area contributed by atoms with Crippen LogP contribution in [0.3, 0.4) is 0 Å². The molecule has 0 saturated carbocycles. The molecule has 0 aliphatic rings. The van der Waals surface area contributed by atoms with E-state index in [9.17, 15) is 0 Å². The van der Waals surface area contributed by atoms with Crippen LogP contribution in [-0.4, -0.2) is 16.0 Å². The monoisotopic (exact) mass is 243 g/mol. The topological polar surface area (TPSA) is 40.7 Å². The molecule has 0 amide bonds. The zero-order valence-electron chi connectivity index (χ0n) is 11.1. The van der Waals surface area contributed by atoms with Crippen LogP contribution in [0.15, 0.2) is 36.5 Å². The summed E-state index contributed by atoms with van der Waals surface area (Å²) in [5.41, 5.74) is 2.52. The second kappa shape index (κ2) is 6.36. The van der Waals surface area contributed by atoms with E-state index in [1.807, 2.05) is 12.3 Å². The van der Waals surface area contributed by atoms with Crippen LogP contribution in [0.4, 0.5) is 0 Å². The molecule has 0 saturated heterocycles. The summed E-state index contributed by atoms with van der Waals surface area (Å²) in [4.78, 5) is 7.78. The predicted octanol–water partition coefficient (Wildman–Crippen LogP) is 2.69. The Labute approximate surface area is 109 Å². The number of hydrogen-bond acceptors (Lipinski definition) is 2. The van der Waals surface area contributed by atoms with Crippen molar-refractivity contribution in [2.24, 2.45) is 0 Å². The lowest BCUT2D eigenvalue weighted by Crippen LogP contribution is -2.21. The van der Waals surface area contributed by atoms with Gasteiger partial charge in [0.05, 0.1) is 0 Å². The molecule has 1 aromatic carbocycles. The smallest absolute Gasteiger partial charge is 0.106 e. The number of rotatable bonds is 6. The van der Waals surface area contributed by atoms with Gasteiger partial charge in [0, 0.05) is 30.9 Å². The summed E-state index contributed by atoms with van der Waals surface area (Å²) in [7, 11) is 0. The molecule has 1 aromatic heterocycles. The Morgan fingerprint density at radius 3 is 2.67 bits per heavy atom. The number of hydrogen-bond donors (Lipinski definition) is 2. The van der Waals surface area contributed by atoms with Gasteiger partial charge in [-0.1, -0.05) is 44.2 Å². The van der Waals surface area contributed by atoms with Crippen molar-refractivity contribution < 1.29 is 0 Å². The number of imidazole rings is 1. The van der Waals surface area contributed by atoms with Crippen LogP contribution < -0.4 is 5.32 Å². The number of nitrogens with zero attached hydrogens (tertiary/aromatic N) is 1. The van der Waals surface area contributed by atoms with E-state index in [2.05, 4.69) is 53.4 Å². The summed E-state index contributed by atoms with van der Waals surface area (Å²) in [6.45, 7) is 5.15. The van der Waals surface area contributed by atoms with Gasteiger partial charge in [-0.05, 0) is 12.0 Å². The Bertz CT molecular complexity index is 460. The van der Waals surface area contributed by atoms with Crippen molar-refractivity contribution in [2.45, 2.75) is 39.3 Å². The van der Waals surface area contributed by atoms with Crippen molar-refractivity contribution in [1.29, 1.82) is 0 Å². The normalized spacial score (nSPS) is 11.1. The van der Waals surface area contributed by atoms with Crippen molar-refractivity contribution in [3.63, 3.8) is 0 Å². The molecular weight excluding hydrogens is 222 g/mol. The molecule has 0 spiro atoms. The molecule has 2 rings (SSSR count). The quantitative estimate of drug-likeness (QED) is 0.819. The first kappa shape index (κ1) is 12.8. The Morgan fingerprint density at radius 1 is 1.17 bits per heavy atom. The summed E-state index contributed by atoms with van der Waals surface area (Å²) in [5.74, 6) is 1.07. The molecule has 96 valence electrons. The summed E-state index contributed by atoms with van der Waals surface area (Å²) >= 11 is 0. The number of nitrogens with one attached hydrogen (secondary N) is 2. The lowest BCUT2D eigenvalue weighted by atomic mass is 10.1. The zero-order valence-corrected chi connectivity index (χ0v) is 11.1. The van der Waals surface area contributed by atoms with Crippen molar-refractivity contribution in [2.75, 3.05) is 0 Å². The molecule has 0 aliphatic carbocycles. The minimum Gasteiger partial charge on any atom is -0.345 e. The van der Waals surface area contributed by atoms with E-state index in [0.29, 0.717) is 6.04 Å². The molecule has 2 N–H and O–H groups in total. The fourth-order valence-electron chi connectivity index (χ4n) is 1.84. The highest BCUT2D eigenvalue weighted by Crippen LogP contribution is 2.05. The minimum absolute atomic E-state index is 0.501. The number of H-pyrrole nitrogens is 1. The lowest BCUT2D eigenvalue weighted by molar-refractivity contribution is 0.582. The summed E-state index contributed by atoms with van der Waals surface area (Å²) in [6, 6.07) is 11.0. The molecule has 0 atom stereocenters. The highest BCUT2D eigenvalue weighted by Gasteiger charge is 2.02. The number of aromatic amines is 1. The van der Waals surface area contributed by atoms with Crippen LogP contribution in [0.2, 0.25) is 0 Å². The van der Waals surface area contributed by atoms with Gasteiger partial charge >= 0.3 is 0 Å². The van der Waals surface area contributed by atoms with Crippen LogP contribution in [0.1, 0.15) is 30.9 Å². The van der Waals surface area contributed by atoms with Gasteiger partial charge < -0.3 is 10.3 Å². The van der Waals surface area contributed by atoms with Gasteiger partial charge in [-0.2, -0.15) is 0 Å². The Kier molecular flexibility index (Phi) is 4.53. The van der Waals surface area contributed by atoms with Gasteiger partial charge in [-0.3, -0.25) is 0 Å². The molecule has 1 heterocycles. The first-order chi connectivity index (χ1) is 8.74. The fourth-order valence-corrected chi connectivity index (χ4v) is 1.84. The summed E-state index contributed by atoms with van der Waals surface area (Å²) in [5, 5.41) is 3.38. The van der Waals surface area contributed by atoms with Crippen LogP contribution in [0.5, 0.6) is 0 Å². The van der Waals surface area contributed by atoms with Crippen LogP contribution in [0, 0.1) is 0 Å². The van der Waals surface area contributed by atoms with Gasteiger partial charge in [-0.25, -0.2) is 4.98 Å². The van der Waals surface area contributed by atoms with Gasteiger partial charge in [0.1, 0.15) is 5.82 Å². The largest absolute Gasteiger partial charge is 0.345 e. The average Bonchev–Trinajstić information content (AvgIpc) is 2.83. The van der Waals surface area contributed by atoms with Gasteiger partial charge in [-0.15, -0.1) is 0 Å². The predicted molar refractivity (Wildman–Crippen MR) is 74.4 cm³/mol. The number of aromatic nitrogens is 2. The van der Waals surface area contributed by atoms with Crippen LogP contribution >= 0.6 is 0 Å². The van der Waals surface area contributed by atoms with Crippen molar-refractivity contribution >= 4 is 0 Å².